The molecule has 0 atom stereocenters. The van der Waals surface area contributed by atoms with E-state index in [1.54, 1.807) is 7.05 Å². The second kappa shape index (κ2) is 7.27. The number of rotatable bonds is 4. The Morgan fingerprint density at radius 3 is 2.24 bits per heavy atom. The second-order valence-corrected chi connectivity index (χ2v) is 7.64. The molecular weight excluding hydrogens is 368 g/mol. The SMILES string of the molecule is C=C(C)Cn1c(N2CCN(c3ccccc3)CC2)nc2c1c(=O)n(C)c(=O)n2C. The van der Waals surface area contributed by atoms with Gasteiger partial charge in [0, 0.05) is 52.5 Å². The minimum absolute atomic E-state index is 0.328. The Morgan fingerprint density at radius 2 is 1.62 bits per heavy atom. The molecule has 0 spiro atoms. The zero-order chi connectivity index (χ0) is 20.7. The Labute approximate surface area is 168 Å². The van der Waals surface area contributed by atoms with E-state index in [9.17, 15) is 9.59 Å². The van der Waals surface area contributed by atoms with Crippen molar-refractivity contribution >= 4 is 22.8 Å². The van der Waals surface area contributed by atoms with E-state index in [1.807, 2.05) is 29.7 Å². The van der Waals surface area contributed by atoms with E-state index < -0.39 is 0 Å². The quantitative estimate of drug-likeness (QED) is 0.625. The fraction of sp³-hybridized carbons (Fsp3) is 0.381. The summed E-state index contributed by atoms with van der Waals surface area (Å²) in [6, 6.07) is 10.3. The predicted octanol–water partition coefficient (Wildman–Crippen LogP) is 1.34. The van der Waals surface area contributed by atoms with Gasteiger partial charge in [0.1, 0.15) is 0 Å². The van der Waals surface area contributed by atoms with Gasteiger partial charge >= 0.3 is 5.69 Å². The Hall–Kier alpha value is -3.29. The van der Waals surface area contributed by atoms with Crippen LogP contribution in [-0.2, 0) is 20.6 Å². The molecule has 152 valence electrons. The lowest BCUT2D eigenvalue weighted by Crippen LogP contribution is -2.47. The van der Waals surface area contributed by atoms with Crippen molar-refractivity contribution in [2.24, 2.45) is 14.1 Å². The van der Waals surface area contributed by atoms with Gasteiger partial charge in [0.2, 0.25) is 5.95 Å². The van der Waals surface area contributed by atoms with E-state index in [1.165, 1.54) is 17.3 Å². The third kappa shape index (κ3) is 3.24. The minimum Gasteiger partial charge on any atom is -0.368 e. The average Bonchev–Trinajstić information content (AvgIpc) is 3.10. The lowest BCUT2D eigenvalue weighted by molar-refractivity contribution is 0.624. The molecule has 8 heteroatoms. The molecule has 0 unspecified atom stereocenters. The highest BCUT2D eigenvalue weighted by atomic mass is 16.2. The highest BCUT2D eigenvalue weighted by Gasteiger charge is 2.25. The summed E-state index contributed by atoms with van der Waals surface area (Å²) in [6.07, 6.45) is 0. The lowest BCUT2D eigenvalue weighted by Gasteiger charge is -2.36. The topological polar surface area (TPSA) is 68.3 Å². The molecule has 2 aromatic heterocycles. The Kier molecular flexibility index (Phi) is 4.77. The number of hydrogen-bond donors (Lipinski definition) is 0. The number of aryl methyl sites for hydroxylation is 1. The first kappa shape index (κ1) is 19.0. The van der Waals surface area contributed by atoms with E-state index in [2.05, 4.69) is 28.5 Å². The molecule has 3 heterocycles. The van der Waals surface area contributed by atoms with Crippen LogP contribution in [0.25, 0.3) is 11.2 Å². The van der Waals surface area contributed by atoms with Gasteiger partial charge in [0.15, 0.2) is 11.2 Å². The summed E-state index contributed by atoms with van der Waals surface area (Å²) in [4.78, 5) is 34.5. The number of aromatic nitrogens is 4. The van der Waals surface area contributed by atoms with Crippen LogP contribution < -0.4 is 21.0 Å². The minimum atomic E-state index is -0.372. The van der Waals surface area contributed by atoms with Crippen LogP contribution in [-0.4, -0.2) is 44.9 Å². The molecule has 1 aliphatic heterocycles. The first-order chi connectivity index (χ1) is 13.9. The van der Waals surface area contributed by atoms with Gasteiger partial charge in [-0.1, -0.05) is 30.4 Å². The summed E-state index contributed by atoms with van der Waals surface area (Å²) < 4.78 is 4.48. The van der Waals surface area contributed by atoms with Gasteiger partial charge < -0.3 is 14.4 Å². The normalized spacial score (nSPS) is 14.6. The highest BCUT2D eigenvalue weighted by Crippen LogP contribution is 2.23. The molecular formula is C21H26N6O2. The van der Waals surface area contributed by atoms with E-state index in [4.69, 9.17) is 4.98 Å². The number of piperazine rings is 1. The van der Waals surface area contributed by atoms with Crippen LogP contribution in [0.4, 0.5) is 11.6 Å². The summed E-state index contributed by atoms with van der Waals surface area (Å²) in [7, 11) is 3.15. The zero-order valence-electron chi connectivity index (χ0n) is 17.1. The Balaban J connectivity index is 1.75. The number of imidazole rings is 1. The number of hydrogen-bond acceptors (Lipinski definition) is 5. The largest absolute Gasteiger partial charge is 0.368 e. The van der Waals surface area contributed by atoms with Crippen molar-refractivity contribution in [2.75, 3.05) is 36.0 Å². The van der Waals surface area contributed by atoms with Crippen molar-refractivity contribution in [1.82, 2.24) is 18.7 Å². The molecule has 0 saturated carbocycles. The van der Waals surface area contributed by atoms with Gasteiger partial charge in [-0.05, 0) is 19.1 Å². The first-order valence-corrected chi connectivity index (χ1v) is 9.74. The van der Waals surface area contributed by atoms with E-state index in [0.29, 0.717) is 23.7 Å². The maximum Gasteiger partial charge on any atom is 0.332 e. The molecule has 0 N–H and O–H groups in total. The maximum absolute atomic E-state index is 12.9. The molecule has 1 fully saturated rings. The van der Waals surface area contributed by atoms with Gasteiger partial charge in [0.05, 0.1) is 0 Å². The summed E-state index contributed by atoms with van der Waals surface area (Å²) in [5, 5.41) is 0. The van der Waals surface area contributed by atoms with E-state index in [0.717, 1.165) is 36.3 Å². The first-order valence-electron chi connectivity index (χ1n) is 9.74. The average molecular weight is 394 g/mol. The standard InChI is InChI=1S/C21H26N6O2/c1-15(2)14-27-17-18(23(3)21(29)24(4)19(17)28)22-20(27)26-12-10-25(11-13-26)16-8-6-5-7-9-16/h5-9H,1,10-14H2,2-4H3. The number of para-hydroxylation sites is 1. The molecule has 8 nitrogen and oxygen atoms in total. The van der Waals surface area contributed by atoms with Crippen molar-refractivity contribution in [3.8, 4) is 0 Å². The van der Waals surface area contributed by atoms with Crippen molar-refractivity contribution < 1.29 is 0 Å². The van der Waals surface area contributed by atoms with Gasteiger partial charge in [-0.3, -0.25) is 13.9 Å². The maximum atomic E-state index is 12.9. The Morgan fingerprint density at radius 1 is 1.00 bits per heavy atom. The number of allylic oxidation sites excluding steroid dienone is 1. The molecule has 0 bridgehead atoms. The van der Waals surface area contributed by atoms with Crippen LogP contribution in [0.2, 0.25) is 0 Å². The molecule has 29 heavy (non-hydrogen) atoms. The number of benzene rings is 1. The third-order valence-corrected chi connectivity index (χ3v) is 5.44. The summed E-state index contributed by atoms with van der Waals surface area (Å²) in [5.41, 5.74) is 2.29. The molecule has 3 aromatic rings. The van der Waals surface area contributed by atoms with Crippen LogP contribution >= 0.6 is 0 Å². The van der Waals surface area contributed by atoms with Crippen molar-refractivity contribution in [3.63, 3.8) is 0 Å². The lowest BCUT2D eigenvalue weighted by atomic mass is 10.2. The van der Waals surface area contributed by atoms with E-state index in [-0.39, 0.29) is 11.2 Å². The predicted molar refractivity (Wildman–Crippen MR) is 116 cm³/mol. The molecule has 4 rings (SSSR count). The highest BCUT2D eigenvalue weighted by molar-refractivity contribution is 5.75. The monoisotopic (exact) mass is 394 g/mol. The van der Waals surface area contributed by atoms with Crippen molar-refractivity contribution in [3.05, 3.63) is 63.3 Å². The fourth-order valence-corrected chi connectivity index (χ4v) is 3.90. The van der Waals surface area contributed by atoms with Crippen LogP contribution in [0, 0.1) is 0 Å². The fourth-order valence-electron chi connectivity index (χ4n) is 3.90. The Bertz CT molecular complexity index is 1180. The van der Waals surface area contributed by atoms with Crippen LogP contribution in [0.15, 0.2) is 52.1 Å². The van der Waals surface area contributed by atoms with Gasteiger partial charge in [-0.25, -0.2) is 4.79 Å². The number of anilines is 2. The molecule has 1 aromatic carbocycles. The molecule has 1 aliphatic rings. The zero-order valence-corrected chi connectivity index (χ0v) is 17.1. The van der Waals surface area contributed by atoms with Crippen LogP contribution in [0.3, 0.4) is 0 Å². The van der Waals surface area contributed by atoms with E-state index >= 15 is 0 Å². The number of fused-ring (bicyclic) bond motifs is 1. The molecule has 0 aliphatic carbocycles. The number of nitrogens with zero attached hydrogens (tertiary/aromatic N) is 6. The second-order valence-electron chi connectivity index (χ2n) is 7.64. The smallest absolute Gasteiger partial charge is 0.332 e. The summed E-state index contributed by atoms with van der Waals surface area (Å²) in [6.45, 7) is 9.70. The van der Waals surface area contributed by atoms with Crippen molar-refractivity contribution in [1.29, 1.82) is 0 Å². The molecule has 1 saturated heterocycles. The van der Waals surface area contributed by atoms with Crippen LogP contribution in [0.1, 0.15) is 6.92 Å². The van der Waals surface area contributed by atoms with Gasteiger partial charge in [0.25, 0.3) is 5.56 Å². The van der Waals surface area contributed by atoms with Crippen molar-refractivity contribution in [2.45, 2.75) is 13.5 Å². The van der Waals surface area contributed by atoms with Gasteiger partial charge in [-0.15, -0.1) is 0 Å². The summed E-state index contributed by atoms with van der Waals surface area (Å²) >= 11 is 0. The third-order valence-electron chi connectivity index (χ3n) is 5.44. The van der Waals surface area contributed by atoms with Crippen LogP contribution in [0.5, 0.6) is 0 Å². The molecule has 0 amide bonds. The van der Waals surface area contributed by atoms with Gasteiger partial charge in [-0.2, -0.15) is 4.98 Å². The molecule has 0 radical (unpaired) electrons. The summed E-state index contributed by atoms with van der Waals surface area (Å²) in [5.74, 6) is 0.717.